The van der Waals surface area contributed by atoms with Gasteiger partial charge in [0.15, 0.2) is 5.13 Å². The number of ether oxygens (including phenoxy) is 1. The second kappa shape index (κ2) is 9.76. The molecule has 3 N–H and O–H groups in total. The maximum atomic E-state index is 12.5. The molecule has 32 heavy (non-hydrogen) atoms. The zero-order valence-electron chi connectivity index (χ0n) is 17.6. The molecule has 170 valence electrons. The first-order valence-electron chi connectivity index (χ1n) is 10.2. The number of aryl methyl sites for hydroxylation is 1. The molecule has 1 aliphatic heterocycles. The smallest absolute Gasteiger partial charge is 0.263 e. The summed E-state index contributed by atoms with van der Waals surface area (Å²) in [5.41, 5.74) is 8.91. The van der Waals surface area contributed by atoms with Crippen LogP contribution in [-0.4, -0.2) is 43.5 Å². The van der Waals surface area contributed by atoms with Gasteiger partial charge in [0.2, 0.25) is 0 Å². The van der Waals surface area contributed by atoms with Crippen molar-refractivity contribution >= 4 is 38.1 Å². The average Bonchev–Trinajstić information content (AvgIpc) is 3.23. The van der Waals surface area contributed by atoms with Gasteiger partial charge in [0, 0.05) is 31.2 Å². The largest absolute Gasteiger partial charge is 0.487 e. The Balaban J connectivity index is 1.38. The Morgan fingerprint density at radius 1 is 1.31 bits per heavy atom. The minimum atomic E-state index is -3.78. The molecule has 0 saturated carbocycles. The number of anilines is 1. The number of piperidine rings is 1. The highest BCUT2D eigenvalue weighted by Crippen LogP contribution is 2.31. The second-order valence-electron chi connectivity index (χ2n) is 7.87. The molecule has 1 aliphatic rings. The standard InChI is InChI=1S/C22H25ClN4O3S2/c1-15-3-2-4-16(11-15)13-27-9-7-21(19(24)14-27)30-20-6-5-17(12-18(20)23)32(28,29)26-22-25-8-10-31-22/h2-6,8,10-12,19,21H,7,9,13-14,24H2,1H3,(H,25,26)/t19-,21-/m1/s1. The zero-order chi connectivity index (χ0) is 22.7. The lowest BCUT2D eigenvalue weighted by Gasteiger charge is -2.36. The Morgan fingerprint density at radius 3 is 2.84 bits per heavy atom. The molecular formula is C22H25ClN4O3S2. The minimum Gasteiger partial charge on any atom is -0.487 e. The first kappa shape index (κ1) is 23.0. The molecular weight excluding hydrogens is 468 g/mol. The fourth-order valence-electron chi connectivity index (χ4n) is 3.74. The molecule has 0 amide bonds. The number of nitrogens with two attached hydrogens (primary N) is 1. The molecule has 1 fully saturated rings. The summed E-state index contributed by atoms with van der Waals surface area (Å²) in [5.74, 6) is 0.424. The molecule has 10 heteroatoms. The predicted octanol–water partition coefficient (Wildman–Crippen LogP) is 3.89. The summed E-state index contributed by atoms with van der Waals surface area (Å²) in [4.78, 5) is 6.31. The maximum Gasteiger partial charge on any atom is 0.263 e. The summed E-state index contributed by atoms with van der Waals surface area (Å²) >= 11 is 7.55. The van der Waals surface area contributed by atoms with Crippen molar-refractivity contribution in [3.05, 3.63) is 70.2 Å². The van der Waals surface area contributed by atoms with Crippen molar-refractivity contribution in [3.63, 3.8) is 0 Å². The highest BCUT2D eigenvalue weighted by Gasteiger charge is 2.29. The number of hydrogen-bond acceptors (Lipinski definition) is 7. The van der Waals surface area contributed by atoms with E-state index in [1.165, 1.54) is 40.8 Å². The lowest BCUT2D eigenvalue weighted by molar-refractivity contribution is 0.0766. The number of rotatable bonds is 7. The highest BCUT2D eigenvalue weighted by molar-refractivity contribution is 7.93. The molecule has 7 nitrogen and oxygen atoms in total. The van der Waals surface area contributed by atoms with Gasteiger partial charge >= 0.3 is 0 Å². The van der Waals surface area contributed by atoms with Gasteiger partial charge in [-0.3, -0.25) is 9.62 Å². The summed E-state index contributed by atoms with van der Waals surface area (Å²) in [6.45, 7) is 4.50. The monoisotopic (exact) mass is 492 g/mol. The van der Waals surface area contributed by atoms with E-state index < -0.39 is 10.0 Å². The van der Waals surface area contributed by atoms with Crippen molar-refractivity contribution < 1.29 is 13.2 Å². The molecule has 2 aromatic carbocycles. The first-order valence-corrected chi connectivity index (χ1v) is 13.0. The molecule has 0 radical (unpaired) electrons. The fourth-order valence-corrected chi connectivity index (χ4v) is 5.85. The van der Waals surface area contributed by atoms with E-state index in [0.717, 1.165) is 19.5 Å². The molecule has 3 aromatic rings. The van der Waals surface area contributed by atoms with Crippen LogP contribution in [-0.2, 0) is 16.6 Å². The van der Waals surface area contributed by atoms with Gasteiger partial charge in [-0.25, -0.2) is 13.4 Å². The third-order valence-electron chi connectivity index (χ3n) is 5.31. The van der Waals surface area contributed by atoms with E-state index in [2.05, 4.69) is 45.8 Å². The van der Waals surface area contributed by atoms with E-state index in [-0.39, 0.29) is 22.1 Å². The van der Waals surface area contributed by atoms with Crippen LogP contribution in [0.15, 0.2) is 58.9 Å². The van der Waals surface area contributed by atoms with E-state index in [1.807, 2.05) is 0 Å². The second-order valence-corrected chi connectivity index (χ2v) is 10.9. The molecule has 0 unspecified atom stereocenters. The van der Waals surface area contributed by atoms with Crippen molar-refractivity contribution in [1.29, 1.82) is 0 Å². The Bertz CT molecular complexity index is 1170. The van der Waals surface area contributed by atoms with Crippen LogP contribution in [0.25, 0.3) is 0 Å². The number of sulfonamides is 1. The van der Waals surface area contributed by atoms with Crippen LogP contribution in [0.5, 0.6) is 5.75 Å². The van der Waals surface area contributed by atoms with Crippen LogP contribution in [0.2, 0.25) is 5.02 Å². The third-order valence-corrected chi connectivity index (χ3v) is 7.76. The van der Waals surface area contributed by atoms with Gasteiger partial charge in [-0.05, 0) is 37.1 Å². The van der Waals surface area contributed by atoms with Gasteiger partial charge in [0.05, 0.1) is 16.0 Å². The third kappa shape index (κ3) is 5.60. The minimum absolute atomic E-state index is 0.0438. The Hall–Kier alpha value is -2.17. The fraction of sp³-hybridized carbons (Fsp3) is 0.318. The molecule has 2 heterocycles. The number of aromatic nitrogens is 1. The van der Waals surface area contributed by atoms with Crippen molar-refractivity contribution in [2.24, 2.45) is 5.73 Å². The Morgan fingerprint density at radius 2 is 2.16 bits per heavy atom. The number of hydrogen-bond donors (Lipinski definition) is 2. The van der Waals surface area contributed by atoms with E-state index in [1.54, 1.807) is 11.4 Å². The zero-order valence-corrected chi connectivity index (χ0v) is 20.0. The molecule has 4 rings (SSSR count). The predicted molar refractivity (Wildman–Crippen MR) is 128 cm³/mol. The molecule has 0 bridgehead atoms. The number of nitrogens with zero attached hydrogens (tertiary/aromatic N) is 2. The lowest BCUT2D eigenvalue weighted by Crippen LogP contribution is -2.53. The van der Waals surface area contributed by atoms with Crippen LogP contribution in [0.1, 0.15) is 17.5 Å². The van der Waals surface area contributed by atoms with Crippen molar-refractivity contribution in [2.75, 3.05) is 17.8 Å². The lowest BCUT2D eigenvalue weighted by atomic mass is 10.0. The van der Waals surface area contributed by atoms with Gasteiger partial charge in [0.25, 0.3) is 10.0 Å². The van der Waals surface area contributed by atoms with Crippen molar-refractivity contribution in [1.82, 2.24) is 9.88 Å². The summed E-state index contributed by atoms with van der Waals surface area (Å²) in [5, 5.41) is 2.21. The van der Waals surface area contributed by atoms with Gasteiger partial charge in [-0.1, -0.05) is 41.4 Å². The van der Waals surface area contributed by atoms with Crippen LogP contribution < -0.4 is 15.2 Å². The van der Waals surface area contributed by atoms with Gasteiger partial charge in [-0.2, -0.15) is 0 Å². The highest BCUT2D eigenvalue weighted by atomic mass is 35.5. The summed E-state index contributed by atoms with van der Waals surface area (Å²) in [7, 11) is -3.78. The Labute approximate surface area is 197 Å². The number of nitrogens with one attached hydrogen (secondary N) is 1. The Kier molecular flexibility index (Phi) is 7.02. The van der Waals surface area contributed by atoms with E-state index >= 15 is 0 Å². The number of thiazole rings is 1. The van der Waals surface area contributed by atoms with Crippen molar-refractivity contribution in [2.45, 2.75) is 36.9 Å². The first-order chi connectivity index (χ1) is 15.3. The van der Waals surface area contributed by atoms with E-state index in [9.17, 15) is 8.42 Å². The number of likely N-dealkylation sites (tertiary alicyclic amines) is 1. The van der Waals surface area contributed by atoms with Gasteiger partial charge < -0.3 is 10.5 Å². The summed E-state index contributed by atoms with van der Waals surface area (Å²) < 4.78 is 33.6. The van der Waals surface area contributed by atoms with Crippen molar-refractivity contribution in [3.8, 4) is 5.75 Å². The normalized spacial score (nSPS) is 19.6. The van der Waals surface area contributed by atoms with Crippen LogP contribution in [0, 0.1) is 6.92 Å². The molecule has 0 aliphatic carbocycles. The quantitative estimate of drug-likeness (QED) is 0.519. The van der Waals surface area contributed by atoms with E-state index in [0.29, 0.717) is 17.4 Å². The van der Waals surface area contributed by atoms with Crippen LogP contribution in [0.4, 0.5) is 5.13 Å². The molecule has 0 spiro atoms. The molecule has 1 saturated heterocycles. The van der Waals surface area contributed by atoms with Gasteiger partial charge in [-0.15, -0.1) is 11.3 Å². The maximum absolute atomic E-state index is 12.5. The molecule has 1 aromatic heterocycles. The summed E-state index contributed by atoms with van der Waals surface area (Å²) in [6, 6.07) is 12.7. The van der Waals surface area contributed by atoms with Crippen LogP contribution >= 0.6 is 22.9 Å². The summed E-state index contributed by atoms with van der Waals surface area (Å²) in [6.07, 6.45) is 2.09. The van der Waals surface area contributed by atoms with Crippen LogP contribution in [0.3, 0.4) is 0 Å². The molecule has 2 atom stereocenters. The average molecular weight is 493 g/mol. The SMILES string of the molecule is Cc1cccc(CN2CC[C@@H](Oc3ccc(S(=O)(=O)Nc4nccs4)cc3Cl)[C@H](N)C2)c1. The van der Waals surface area contributed by atoms with E-state index in [4.69, 9.17) is 22.1 Å². The number of benzene rings is 2. The topological polar surface area (TPSA) is 97.5 Å². The van der Waals surface area contributed by atoms with Gasteiger partial charge in [0.1, 0.15) is 11.9 Å². The number of halogens is 1.